The van der Waals surface area contributed by atoms with Crippen LogP contribution in [0.1, 0.15) is 50.3 Å². The molecule has 3 aromatic carbocycles. The Hall–Kier alpha value is -7.67. The summed E-state index contributed by atoms with van der Waals surface area (Å²) in [5.41, 5.74) is 10.3. The number of aliphatic hydroxyl groups is 7. The van der Waals surface area contributed by atoms with Gasteiger partial charge in [0.1, 0.15) is 66.3 Å². The van der Waals surface area contributed by atoms with E-state index in [1.165, 1.54) is 0 Å². The zero-order valence-corrected chi connectivity index (χ0v) is 44.7. The molecule has 3 saturated heterocycles. The number of rotatable bonds is 23. The lowest BCUT2D eigenvalue weighted by Gasteiger charge is -2.46. The van der Waals surface area contributed by atoms with Crippen LogP contribution in [0.4, 0.5) is 0 Å². The lowest BCUT2D eigenvalue weighted by atomic mass is 9.87. The van der Waals surface area contributed by atoms with Gasteiger partial charge in [0.05, 0.1) is 37.9 Å². The first-order valence-electron chi connectivity index (χ1n) is 26.1. The molecule has 0 saturated carbocycles. The minimum absolute atomic E-state index is 0.0777. The third-order valence-corrected chi connectivity index (χ3v) is 14.5. The molecule has 15 atom stereocenters. The molecule has 28 heteroatoms. The van der Waals surface area contributed by atoms with Crippen LogP contribution in [-0.4, -0.2) is 211 Å². The first kappa shape index (κ1) is 61.0. The van der Waals surface area contributed by atoms with Crippen molar-refractivity contribution in [2.75, 3.05) is 32.8 Å². The average molecular weight is 1130 g/mol. The summed E-state index contributed by atoms with van der Waals surface area (Å²) in [6.45, 7) is 4.57. The fourth-order valence-corrected chi connectivity index (χ4v) is 9.60. The van der Waals surface area contributed by atoms with E-state index in [2.05, 4.69) is 68.3 Å². The molecule has 5 amide bonds. The molecule has 437 valence electrons. The summed E-state index contributed by atoms with van der Waals surface area (Å²) in [6, 6.07) is 9.91. The van der Waals surface area contributed by atoms with Crippen molar-refractivity contribution in [3.63, 3.8) is 0 Å². The number of aromatic nitrogens is 1. The summed E-state index contributed by atoms with van der Waals surface area (Å²) in [4.78, 5) is 87.2. The number of nitrogens with one attached hydrogen (secondary N) is 10. The van der Waals surface area contributed by atoms with Crippen molar-refractivity contribution in [1.29, 1.82) is 10.8 Å². The number of nitrogens with zero attached hydrogens (tertiary/aromatic N) is 2. The highest BCUT2D eigenvalue weighted by Gasteiger charge is 2.52. The third-order valence-electron chi connectivity index (χ3n) is 14.5. The maximum absolute atomic E-state index is 14.7. The van der Waals surface area contributed by atoms with E-state index in [4.69, 9.17) is 25.7 Å². The molecule has 81 heavy (non-hydrogen) atoms. The Bertz CT molecular complexity index is 2910. The van der Waals surface area contributed by atoms with Gasteiger partial charge in [0.25, 0.3) is 0 Å². The standard InChI is InChI=1S/C53H70N13O15/c1-24(26-8-6-5-7-9-26)32(21-67)60-37(70)20-57-46(77)33(22-68)61-47(78)39(41(72)34-19-59-52(56)66(34)50-44(75)43(74)42(73)36(23-69)81-50)65-48(79)38(40(71)31-18-58-51(55)63-31)64-45(76)29(54)16-25-10-15-35-30(17-25)62-49(80-35)27-11-13-28(14-12-27)53(2,3)4/h5-15,17,24,29,31-34,36,38-44,50,68-69,71-75H,16,18-20,22-23,54H2,1-4H3,(H2,56,59)(H,57,77)(H,60,70)(H,61,78)(H,64,76)(H,65,79)(H3,55,58,63)/t24?,29-,31?,32-,33+,34?,36-,38+,39-,40?,41-,42-,43+,44+,50+/m1/s1. The maximum Gasteiger partial charge on any atom is 0.246 e. The third kappa shape index (κ3) is 14.3. The monoisotopic (exact) mass is 1130 g/mol. The van der Waals surface area contributed by atoms with E-state index >= 15 is 0 Å². The Kier molecular flexibility index (Phi) is 19.8. The Morgan fingerprint density at radius 1 is 0.840 bits per heavy atom. The number of amides is 5. The van der Waals surface area contributed by atoms with Gasteiger partial charge in [-0.1, -0.05) is 76.2 Å². The number of benzene rings is 3. The summed E-state index contributed by atoms with van der Waals surface area (Å²) in [5, 5.41) is 113. The molecule has 4 unspecified atom stereocenters. The number of fused-ring (bicyclic) bond motifs is 1. The zero-order chi connectivity index (χ0) is 59.0. The van der Waals surface area contributed by atoms with Gasteiger partial charge in [0.15, 0.2) is 23.7 Å². The molecule has 0 spiro atoms. The zero-order valence-electron chi connectivity index (χ0n) is 44.7. The van der Waals surface area contributed by atoms with Gasteiger partial charge in [-0.25, -0.2) is 4.98 Å². The largest absolute Gasteiger partial charge is 0.436 e. The highest BCUT2D eigenvalue weighted by atomic mass is 16.6. The number of aliphatic hydroxyl groups excluding tert-OH is 7. The molecule has 7 rings (SSSR count). The van der Waals surface area contributed by atoms with Crippen LogP contribution in [0.3, 0.4) is 0 Å². The highest BCUT2D eigenvalue weighted by Crippen LogP contribution is 2.30. The number of hydrogen-bond donors (Lipinski definition) is 18. The van der Waals surface area contributed by atoms with Gasteiger partial charge in [-0.3, -0.25) is 39.6 Å². The van der Waals surface area contributed by atoms with Crippen LogP contribution in [0, 0.1) is 10.8 Å². The number of carbonyl (C=O) groups excluding carboxylic acids is 6. The molecule has 1 radical (unpaired) electrons. The van der Waals surface area contributed by atoms with Crippen LogP contribution in [0.2, 0.25) is 0 Å². The predicted molar refractivity (Wildman–Crippen MR) is 288 cm³/mol. The fraction of sp³-hybridized carbons (Fsp3) is 0.491. The van der Waals surface area contributed by atoms with Gasteiger partial charge in [0, 0.05) is 24.6 Å². The number of oxazole rings is 1. The van der Waals surface area contributed by atoms with Gasteiger partial charge in [-0.15, -0.1) is 0 Å². The number of nitrogens with two attached hydrogens (primary N) is 1. The van der Waals surface area contributed by atoms with Crippen LogP contribution < -0.4 is 48.3 Å². The molecule has 4 heterocycles. The predicted octanol–water partition coefficient (Wildman–Crippen LogP) is -5.15. The molecule has 19 N–H and O–H groups in total. The molecule has 4 aromatic rings. The lowest BCUT2D eigenvalue weighted by molar-refractivity contribution is -0.260. The van der Waals surface area contributed by atoms with Crippen molar-refractivity contribution in [2.24, 2.45) is 5.73 Å². The van der Waals surface area contributed by atoms with Gasteiger partial charge in [0.2, 0.25) is 41.7 Å². The lowest BCUT2D eigenvalue weighted by Crippen LogP contribution is -2.69. The molecule has 3 aliphatic rings. The molecular weight excluding hydrogens is 1060 g/mol. The van der Waals surface area contributed by atoms with Crippen molar-refractivity contribution in [1.82, 2.24) is 52.4 Å². The van der Waals surface area contributed by atoms with E-state index in [9.17, 15) is 64.5 Å². The van der Waals surface area contributed by atoms with E-state index in [0.717, 1.165) is 16.0 Å². The molecule has 3 fully saturated rings. The smallest absolute Gasteiger partial charge is 0.246 e. The first-order chi connectivity index (χ1) is 38.4. The molecule has 28 nitrogen and oxygen atoms in total. The van der Waals surface area contributed by atoms with Gasteiger partial charge in [-0.2, -0.15) is 0 Å². The van der Waals surface area contributed by atoms with Gasteiger partial charge in [-0.05, 0) is 52.8 Å². The minimum atomic E-state index is -2.29. The van der Waals surface area contributed by atoms with Crippen LogP contribution in [0.15, 0.2) is 77.2 Å². The Balaban J connectivity index is 1.12. The maximum atomic E-state index is 14.7. The van der Waals surface area contributed by atoms with E-state index in [1.54, 1.807) is 61.7 Å². The highest BCUT2D eigenvalue weighted by molar-refractivity contribution is 5.96. The van der Waals surface area contributed by atoms with Crippen molar-refractivity contribution in [3.05, 3.63) is 89.5 Å². The second-order valence-electron chi connectivity index (χ2n) is 21.2. The van der Waals surface area contributed by atoms with E-state index in [-0.39, 0.29) is 24.3 Å². The molecule has 1 aromatic heterocycles. The number of guanidine groups is 2. The average Bonchev–Trinajstić information content (AvgIpc) is 4.37. The summed E-state index contributed by atoms with van der Waals surface area (Å²) >= 11 is 0. The van der Waals surface area contributed by atoms with Gasteiger partial charge >= 0.3 is 0 Å². The Labute approximate surface area is 464 Å². The number of hydrogen-bond acceptors (Lipinski definition) is 19. The van der Waals surface area contributed by atoms with Crippen LogP contribution in [-0.2, 0) is 45.3 Å². The molecule has 0 bridgehead atoms. The summed E-state index contributed by atoms with van der Waals surface area (Å²) in [5.74, 6) is -6.79. The molecule has 3 aliphatic heterocycles. The summed E-state index contributed by atoms with van der Waals surface area (Å²) < 4.78 is 11.7. The SMILES string of the molecule is CC(c1ccccc1)[C@@H]([C]=O)NC(=O)CNC(=O)[C@H](CO)NC(=O)[C@H](NC(=O)[C@@H](NC(=O)[C@H](N)Cc1ccc2oc(-c3ccc(C(C)(C)C)cc3)nc2c1)C(O)C1CNC(=N)N1)[C@H](O)C1CNC(=N)N1[C@H]1O[C@H](CO)[C@@H](O)[C@H](O)[C@@H]1O. The Morgan fingerprint density at radius 3 is 2.14 bits per heavy atom. The molecule has 0 aliphatic carbocycles. The van der Waals surface area contributed by atoms with Crippen molar-refractivity contribution >= 4 is 58.8 Å². The van der Waals surface area contributed by atoms with Crippen molar-refractivity contribution in [2.45, 2.75) is 131 Å². The summed E-state index contributed by atoms with van der Waals surface area (Å²) in [6.07, 6.45) is -11.7. The van der Waals surface area contributed by atoms with Crippen molar-refractivity contribution < 1.29 is 73.7 Å². The van der Waals surface area contributed by atoms with E-state index in [0.29, 0.717) is 28.1 Å². The van der Waals surface area contributed by atoms with Crippen LogP contribution in [0.25, 0.3) is 22.6 Å². The Morgan fingerprint density at radius 2 is 1.51 bits per heavy atom. The van der Waals surface area contributed by atoms with E-state index < -0.39 is 153 Å². The minimum Gasteiger partial charge on any atom is -0.436 e. The quantitative estimate of drug-likeness (QED) is 0.0330. The van der Waals surface area contributed by atoms with Gasteiger partial charge < -0.3 is 98.1 Å². The van der Waals surface area contributed by atoms with Crippen LogP contribution in [0.5, 0.6) is 0 Å². The normalized spacial score (nSPS) is 24.0. The van der Waals surface area contributed by atoms with E-state index in [1.807, 2.05) is 24.3 Å². The summed E-state index contributed by atoms with van der Waals surface area (Å²) in [7, 11) is 0. The number of ether oxygens (including phenoxy) is 1. The topological polar surface area (TPSA) is 452 Å². The first-order valence-corrected chi connectivity index (χ1v) is 26.1. The van der Waals surface area contributed by atoms with Crippen LogP contribution >= 0.6 is 0 Å². The van der Waals surface area contributed by atoms with Crippen molar-refractivity contribution in [3.8, 4) is 11.5 Å². The second-order valence-corrected chi connectivity index (χ2v) is 21.2. The number of carbonyl (C=O) groups is 5. The fourth-order valence-electron chi connectivity index (χ4n) is 9.60. The molecular formula is C53H70N13O15. The second kappa shape index (κ2) is 26.3.